The summed E-state index contributed by atoms with van der Waals surface area (Å²) in [7, 11) is 0. The Balaban J connectivity index is 3.02. The Morgan fingerprint density at radius 2 is 1.60 bits per heavy atom. The SMILES string of the molecule is OC(Cl)(I)I. The van der Waals surface area contributed by atoms with Gasteiger partial charge in [0.2, 0.25) is 1.07 Å². The minimum absolute atomic E-state index is 1.09. The molecule has 0 aromatic rings. The molecule has 0 rings (SSSR count). The summed E-state index contributed by atoms with van der Waals surface area (Å²) in [6, 6.07) is 0. The summed E-state index contributed by atoms with van der Waals surface area (Å²) in [6.45, 7) is 0. The van der Waals surface area contributed by atoms with Crippen molar-refractivity contribution in [2.45, 2.75) is 1.07 Å². The third-order valence-corrected chi connectivity index (χ3v) is 0. The van der Waals surface area contributed by atoms with Crippen LogP contribution in [0.4, 0.5) is 0 Å². The van der Waals surface area contributed by atoms with Crippen LogP contribution in [0.3, 0.4) is 0 Å². The highest BCUT2D eigenvalue weighted by atomic mass is 127. The molecule has 1 N–H and O–H groups in total. The lowest BCUT2D eigenvalue weighted by atomic mass is 11.7. The van der Waals surface area contributed by atoms with Crippen LogP contribution >= 0.6 is 56.8 Å². The van der Waals surface area contributed by atoms with E-state index in [9.17, 15) is 0 Å². The molecule has 0 aromatic carbocycles. The molecule has 32 valence electrons. The van der Waals surface area contributed by atoms with Gasteiger partial charge < -0.3 is 5.11 Å². The highest BCUT2D eigenvalue weighted by Crippen LogP contribution is 2.27. The van der Waals surface area contributed by atoms with Crippen LogP contribution in [0.25, 0.3) is 0 Å². The van der Waals surface area contributed by atoms with Gasteiger partial charge in [0, 0.05) is 0 Å². The number of halogens is 3. The standard InChI is InChI=1S/CHClI2O/c2-1(3,4)5/h5H. The van der Waals surface area contributed by atoms with Crippen molar-refractivity contribution in [3.05, 3.63) is 0 Å². The predicted octanol–water partition coefficient (Wildman–Crippen LogP) is 1.70. The van der Waals surface area contributed by atoms with E-state index in [0.29, 0.717) is 0 Å². The van der Waals surface area contributed by atoms with Crippen molar-refractivity contribution >= 4 is 56.8 Å². The zero-order valence-corrected chi connectivity index (χ0v) is 7.15. The highest BCUT2D eigenvalue weighted by molar-refractivity contribution is 14.2. The smallest absolute Gasteiger partial charge is 0.242 e. The summed E-state index contributed by atoms with van der Waals surface area (Å²) in [4.78, 5) is 0. The number of hydrogen-bond donors (Lipinski definition) is 1. The van der Waals surface area contributed by atoms with Crippen LogP contribution in [-0.2, 0) is 0 Å². The van der Waals surface area contributed by atoms with Gasteiger partial charge in [0.1, 0.15) is 0 Å². The first-order chi connectivity index (χ1) is 2.00. The van der Waals surface area contributed by atoms with Gasteiger partial charge in [0.15, 0.2) is 0 Å². The van der Waals surface area contributed by atoms with E-state index in [1.807, 2.05) is 0 Å². The molecule has 5 heavy (non-hydrogen) atoms. The van der Waals surface area contributed by atoms with Crippen molar-refractivity contribution < 1.29 is 5.11 Å². The van der Waals surface area contributed by atoms with Crippen molar-refractivity contribution in [2.24, 2.45) is 0 Å². The van der Waals surface area contributed by atoms with Gasteiger partial charge in [-0.3, -0.25) is 0 Å². The molecule has 0 unspecified atom stereocenters. The molecular weight excluding hydrogens is 317 g/mol. The maximum absolute atomic E-state index is 8.26. The molecule has 0 saturated carbocycles. The number of alkyl halides is 3. The zero-order valence-electron chi connectivity index (χ0n) is 2.08. The molecule has 0 aliphatic rings. The first-order valence-corrected chi connectivity index (χ1v) is 3.33. The molecular formula is CHClI2O. The molecule has 0 aromatic heterocycles. The number of hydrogen-bond acceptors (Lipinski definition) is 1. The lowest BCUT2D eigenvalue weighted by Gasteiger charge is -1.95. The lowest BCUT2D eigenvalue weighted by Crippen LogP contribution is -1.92. The molecule has 0 fully saturated rings. The molecule has 4 heteroatoms. The van der Waals surface area contributed by atoms with Gasteiger partial charge in [0.05, 0.1) is 0 Å². The molecule has 0 amide bonds. The van der Waals surface area contributed by atoms with Crippen molar-refractivity contribution in [2.75, 3.05) is 0 Å². The molecule has 0 radical (unpaired) electrons. The van der Waals surface area contributed by atoms with E-state index < -0.39 is 1.07 Å². The van der Waals surface area contributed by atoms with Crippen LogP contribution in [0.5, 0.6) is 0 Å². The quantitative estimate of drug-likeness (QED) is 0.532. The van der Waals surface area contributed by atoms with Crippen LogP contribution in [-0.4, -0.2) is 6.18 Å². The third-order valence-electron chi connectivity index (χ3n) is 0. The van der Waals surface area contributed by atoms with Crippen LogP contribution in [0.1, 0.15) is 0 Å². The van der Waals surface area contributed by atoms with Crippen molar-refractivity contribution in [1.29, 1.82) is 0 Å². The Labute approximate surface area is 62.4 Å². The molecule has 0 spiro atoms. The first kappa shape index (κ1) is 6.71. The van der Waals surface area contributed by atoms with Gasteiger partial charge in [-0.2, -0.15) is 0 Å². The van der Waals surface area contributed by atoms with Gasteiger partial charge >= 0.3 is 0 Å². The van der Waals surface area contributed by atoms with E-state index >= 15 is 0 Å². The van der Waals surface area contributed by atoms with E-state index in [1.54, 1.807) is 45.2 Å². The number of rotatable bonds is 0. The van der Waals surface area contributed by atoms with E-state index in [1.165, 1.54) is 0 Å². The summed E-state index contributed by atoms with van der Waals surface area (Å²) in [5.74, 6) is 0. The van der Waals surface area contributed by atoms with Crippen LogP contribution in [0, 0.1) is 0 Å². The summed E-state index contributed by atoms with van der Waals surface area (Å²) in [6.07, 6.45) is 0. The van der Waals surface area contributed by atoms with Crippen molar-refractivity contribution in [3.63, 3.8) is 0 Å². The van der Waals surface area contributed by atoms with E-state index in [2.05, 4.69) is 0 Å². The minimum Gasteiger partial charge on any atom is -0.359 e. The Hall–Kier alpha value is 1.71. The van der Waals surface area contributed by atoms with Crippen molar-refractivity contribution in [1.82, 2.24) is 0 Å². The van der Waals surface area contributed by atoms with Crippen LogP contribution in [0.15, 0.2) is 0 Å². The molecule has 0 saturated heterocycles. The second-order valence-corrected chi connectivity index (χ2v) is 7.48. The summed E-state index contributed by atoms with van der Waals surface area (Å²) >= 11 is 8.43. The Kier molecular flexibility index (Phi) is 2.86. The van der Waals surface area contributed by atoms with Gasteiger partial charge in [-0.15, -0.1) is 0 Å². The summed E-state index contributed by atoms with van der Waals surface area (Å²) in [5.41, 5.74) is 0. The molecule has 0 atom stereocenters. The summed E-state index contributed by atoms with van der Waals surface area (Å²) < 4.78 is -1.09. The molecule has 1 nitrogen and oxygen atoms in total. The van der Waals surface area contributed by atoms with Crippen LogP contribution < -0.4 is 0 Å². The van der Waals surface area contributed by atoms with E-state index in [4.69, 9.17) is 16.7 Å². The molecule has 0 bridgehead atoms. The maximum atomic E-state index is 8.26. The van der Waals surface area contributed by atoms with Crippen LogP contribution in [0.2, 0.25) is 0 Å². The Morgan fingerprint density at radius 1 is 1.60 bits per heavy atom. The lowest BCUT2D eigenvalue weighted by molar-refractivity contribution is 0.340. The van der Waals surface area contributed by atoms with Gasteiger partial charge in [-0.05, 0) is 45.2 Å². The Bertz CT molecular complexity index is 25.1. The maximum Gasteiger partial charge on any atom is 0.242 e. The average Bonchev–Trinajstić information content (AvgIpc) is 0.722. The van der Waals surface area contributed by atoms with Gasteiger partial charge in [0.25, 0.3) is 0 Å². The zero-order chi connectivity index (χ0) is 4.50. The van der Waals surface area contributed by atoms with Crippen molar-refractivity contribution in [3.8, 4) is 0 Å². The fourth-order valence-corrected chi connectivity index (χ4v) is 0. The topological polar surface area (TPSA) is 20.2 Å². The first-order valence-electron chi connectivity index (χ1n) is 0.791. The fourth-order valence-electron chi connectivity index (χ4n) is 0. The average molecular weight is 318 g/mol. The normalized spacial score (nSPS) is 12.0. The second-order valence-electron chi connectivity index (χ2n) is 0.468. The molecule has 0 heterocycles. The van der Waals surface area contributed by atoms with Gasteiger partial charge in [-0.1, -0.05) is 11.6 Å². The summed E-state index contributed by atoms with van der Waals surface area (Å²) in [5, 5.41) is 8.26. The predicted molar refractivity (Wildman–Crippen MR) is 38.8 cm³/mol. The highest BCUT2D eigenvalue weighted by Gasteiger charge is 2.08. The minimum atomic E-state index is -1.09. The molecule has 0 aliphatic heterocycles. The third kappa shape index (κ3) is 26.9. The number of aliphatic hydroxyl groups is 1. The Morgan fingerprint density at radius 3 is 1.60 bits per heavy atom. The van der Waals surface area contributed by atoms with E-state index in [-0.39, 0.29) is 0 Å². The monoisotopic (exact) mass is 318 g/mol. The van der Waals surface area contributed by atoms with E-state index in [0.717, 1.165) is 0 Å². The van der Waals surface area contributed by atoms with Gasteiger partial charge in [-0.25, -0.2) is 0 Å². The fraction of sp³-hybridized carbons (Fsp3) is 1.00. The second kappa shape index (κ2) is 2.13. The largest absolute Gasteiger partial charge is 0.359 e. The molecule has 0 aliphatic carbocycles.